The van der Waals surface area contributed by atoms with Crippen LogP contribution in [0.5, 0.6) is 0 Å². The van der Waals surface area contributed by atoms with E-state index in [1.54, 1.807) is 7.11 Å². The zero-order valence-electron chi connectivity index (χ0n) is 12.7. The average molecular weight is 284 g/mol. The Balaban J connectivity index is 2.47. The van der Waals surface area contributed by atoms with Crippen molar-refractivity contribution >= 4 is 11.6 Å². The zero-order valence-corrected chi connectivity index (χ0v) is 13.4. The summed E-state index contributed by atoms with van der Waals surface area (Å²) >= 11 is 6.19. The first-order valence-electron chi connectivity index (χ1n) is 6.88. The van der Waals surface area contributed by atoms with E-state index in [0.717, 1.165) is 17.9 Å². The van der Waals surface area contributed by atoms with E-state index < -0.39 is 0 Å². The Bertz CT molecular complexity index is 392. The lowest BCUT2D eigenvalue weighted by Gasteiger charge is -2.29. The van der Waals surface area contributed by atoms with Gasteiger partial charge in [0.05, 0.1) is 5.60 Å². The Labute approximate surface area is 122 Å². The van der Waals surface area contributed by atoms with Gasteiger partial charge in [-0.15, -0.1) is 0 Å². The Kier molecular flexibility index (Phi) is 6.31. The molecule has 0 aliphatic heterocycles. The van der Waals surface area contributed by atoms with Crippen LogP contribution in [0.3, 0.4) is 0 Å². The van der Waals surface area contributed by atoms with E-state index in [4.69, 9.17) is 16.3 Å². The van der Waals surface area contributed by atoms with Crippen molar-refractivity contribution in [1.82, 2.24) is 5.32 Å². The maximum Gasteiger partial charge on any atom is 0.0637 e. The Morgan fingerprint density at radius 3 is 2.42 bits per heavy atom. The molecule has 2 atom stereocenters. The SMILES string of the molecule is COC(C)(C)CC(C)NC(C)Cc1ccccc1Cl. The molecule has 0 heterocycles. The second kappa shape index (κ2) is 7.28. The molecule has 108 valence electrons. The van der Waals surface area contributed by atoms with E-state index in [2.05, 4.69) is 39.1 Å². The third-order valence-electron chi connectivity index (χ3n) is 3.40. The van der Waals surface area contributed by atoms with Crippen LogP contribution in [0, 0.1) is 0 Å². The molecular formula is C16H26ClNO. The molecule has 0 saturated heterocycles. The van der Waals surface area contributed by atoms with Gasteiger partial charge in [0.15, 0.2) is 0 Å². The van der Waals surface area contributed by atoms with Gasteiger partial charge in [0.1, 0.15) is 0 Å². The summed E-state index contributed by atoms with van der Waals surface area (Å²) in [7, 11) is 1.76. The molecule has 1 aromatic carbocycles. The zero-order chi connectivity index (χ0) is 14.5. The van der Waals surface area contributed by atoms with E-state index >= 15 is 0 Å². The molecule has 0 saturated carbocycles. The standard InChI is InChI=1S/C16H26ClNO/c1-12(10-14-8-6-7-9-15(14)17)18-13(2)11-16(3,4)19-5/h6-9,12-13,18H,10-11H2,1-5H3. The number of hydrogen-bond acceptors (Lipinski definition) is 2. The van der Waals surface area contributed by atoms with Crippen LogP contribution < -0.4 is 5.32 Å². The van der Waals surface area contributed by atoms with Crippen molar-refractivity contribution < 1.29 is 4.74 Å². The van der Waals surface area contributed by atoms with Crippen LogP contribution in [-0.2, 0) is 11.2 Å². The van der Waals surface area contributed by atoms with Gasteiger partial charge in [0.2, 0.25) is 0 Å². The number of rotatable bonds is 7. The smallest absolute Gasteiger partial charge is 0.0637 e. The van der Waals surface area contributed by atoms with Gasteiger partial charge in [-0.25, -0.2) is 0 Å². The quantitative estimate of drug-likeness (QED) is 0.815. The molecule has 2 unspecified atom stereocenters. The minimum absolute atomic E-state index is 0.0868. The summed E-state index contributed by atoms with van der Waals surface area (Å²) in [5.74, 6) is 0. The van der Waals surface area contributed by atoms with E-state index in [-0.39, 0.29) is 5.60 Å². The fourth-order valence-corrected chi connectivity index (χ4v) is 2.63. The first-order valence-corrected chi connectivity index (χ1v) is 7.26. The normalized spacial score (nSPS) is 15.3. The molecule has 0 amide bonds. The summed E-state index contributed by atoms with van der Waals surface area (Å²) in [4.78, 5) is 0. The summed E-state index contributed by atoms with van der Waals surface area (Å²) in [6.45, 7) is 8.62. The summed E-state index contributed by atoms with van der Waals surface area (Å²) in [5.41, 5.74) is 1.11. The lowest BCUT2D eigenvalue weighted by atomic mass is 9.98. The molecular weight excluding hydrogens is 258 g/mol. The van der Waals surface area contributed by atoms with Gasteiger partial charge in [0, 0.05) is 24.2 Å². The second-order valence-electron chi connectivity index (χ2n) is 5.93. The van der Waals surface area contributed by atoms with E-state index in [1.165, 1.54) is 5.56 Å². The Morgan fingerprint density at radius 1 is 1.21 bits per heavy atom. The lowest BCUT2D eigenvalue weighted by Crippen LogP contribution is -2.40. The summed E-state index contributed by atoms with van der Waals surface area (Å²) in [5, 5.41) is 4.46. The van der Waals surface area contributed by atoms with Crippen LogP contribution >= 0.6 is 11.6 Å². The number of nitrogens with one attached hydrogen (secondary N) is 1. The van der Waals surface area contributed by atoms with Crippen molar-refractivity contribution in [2.75, 3.05) is 7.11 Å². The highest BCUT2D eigenvalue weighted by Gasteiger charge is 2.21. The van der Waals surface area contributed by atoms with Crippen molar-refractivity contribution in [2.45, 2.75) is 58.2 Å². The van der Waals surface area contributed by atoms with Crippen LogP contribution in [0.2, 0.25) is 5.02 Å². The maximum atomic E-state index is 6.19. The summed E-state index contributed by atoms with van der Waals surface area (Å²) < 4.78 is 5.47. The van der Waals surface area contributed by atoms with Gasteiger partial charge in [-0.2, -0.15) is 0 Å². The van der Waals surface area contributed by atoms with Crippen molar-refractivity contribution in [3.8, 4) is 0 Å². The van der Waals surface area contributed by atoms with Gasteiger partial charge in [-0.05, 0) is 52.2 Å². The predicted molar refractivity (Wildman–Crippen MR) is 82.9 cm³/mol. The van der Waals surface area contributed by atoms with Gasteiger partial charge < -0.3 is 10.1 Å². The fraction of sp³-hybridized carbons (Fsp3) is 0.625. The highest BCUT2D eigenvalue weighted by Crippen LogP contribution is 2.18. The number of halogens is 1. The maximum absolute atomic E-state index is 6.19. The third-order valence-corrected chi connectivity index (χ3v) is 3.77. The van der Waals surface area contributed by atoms with Crippen molar-refractivity contribution in [2.24, 2.45) is 0 Å². The van der Waals surface area contributed by atoms with Crippen LogP contribution in [0.1, 0.15) is 39.7 Å². The van der Waals surface area contributed by atoms with Crippen molar-refractivity contribution in [3.63, 3.8) is 0 Å². The summed E-state index contributed by atoms with van der Waals surface area (Å²) in [6.07, 6.45) is 1.92. The van der Waals surface area contributed by atoms with Gasteiger partial charge in [0.25, 0.3) is 0 Å². The molecule has 0 fully saturated rings. The Morgan fingerprint density at radius 2 is 1.84 bits per heavy atom. The number of hydrogen-bond donors (Lipinski definition) is 1. The molecule has 0 aliphatic carbocycles. The second-order valence-corrected chi connectivity index (χ2v) is 6.34. The van der Waals surface area contributed by atoms with Crippen LogP contribution in [-0.4, -0.2) is 24.8 Å². The number of methoxy groups -OCH3 is 1. The Hall–Kier alpha value is -0.570. The molecule has 2 nitrogen and oxygen atoms in total. The van der Waals surface area contributed by atoms with Crippen LogP contribution in [0.4, 0.5) is 0 Å². The lowest BCUT2D eigenvalue weighted by molar-refractivity contribution is 0.00786. The van der Waals surface area contributed by atoms with E-state index in [1.807, 2.05) is 18.2 Å². The summed E-state index contributed by atoms with van der Waals surface area (Å²) in [6, 6.07) is 8.83. The molecule has 19 heavy (non-hydrogen) atoms. The van der Waals surface area contributed by atoms with E-state index in [0.29, 0.717) is 12.1 Å². The topological polar surface area (TPSA) is 21.3 Å². The molecule has 1 aromatic rings. The molecule has 0 aromatic heterocycles. The molecule has 1 N–H and O–H groups in total. The van der Waals surface area contributed by atoms with Crippen molar-refractivity contribution in [3.05, 3.63) is 34.9 Å². The van der Waals surface area contributed by atoms with Gasteiger partial charge in [-0.1, -0.05) is 29.8 Å². The molecule has 0 spiro atoms. The third kappa shape index (κ3) is 5.94. The number of benzene rings is 1. The fourth-order valence-electron chi connectivity index (χ4n) is 2.42. The van der Waals surface area contributed by atoms with Crippen LogP contribution in [0.15, 0.2) is 24.3 Å². The molecule has 0 aliphatic rings. The van der Waals surface area contributed by atoms with Gasteiger partial charge in [-0.3, -0.25) is 0 Å². The van der Waals surface area contributed by atoms with Gasteiger partial charge >= 0.3 is 0 Å². The highest BCUT2D eigenvalue weighted by atomic mass is 35.5. The van der Waals surface area contributed by atoms with Crippen LogP contribution in [0.25, 0.3) is 0 Å². The minimum Gasteiger partial charge on any atom is -0.379 e. The highest BCUT2D eigenvalue weighted by molar-refractivity contribution is 6.31. The average Bonchev–Trinajstić information content (AvgIpc) is 2.31. The minimum atomic E-state index is -0.0868. The first-order chi connectivity index (χ1) is 8.84. The van der Waals surface area contributed by atoms with Crippen molar-refractivity contribution in [1.29, 1.82) is 0 Å². The predicted octanol–water partition coefficient (Wildman–Crippen LogP) is 4.06. The first kappa shape index (κ1) is 16.5. The molecule has 1 rings (SSSR count). The van der Waals surface area contributed by atoms with E-state index in [9.17, 15) is 0 Å². The molecule has 0 radical (unpaired) electrons. The number of ether oxygens (including phenoxy) is 1. The largest absolute Gasteiger partial charge is 0.379 e. The molecule has 3 heteroatoms. The monoisotopic (exact) mass is 283 g/mol. The molecule has 0 bridgehead atoms.